The standard InChI is InChI=1S/C18H23OS.C18H23S2.C17H21O2S2.C16H16F3O2S.C14H14OS2.C14H21S2/c2*1-18(2,3)16-8-9-17(20-12-10-19-11-13-20)15-7-5-4-6-14(15)16;1-18-8-9-19-16-6-7-17(21-12-10-20-11-13-21)15-5-3-2-4-14(15)16;17-16(18,19)11-21-14-5-6-15(22-9-7-20-8-10-22)13-4-2-1-3-12(13)14;15-13-5-6-14(17-9-7-16-8-10-17)12-4-2-1-3-11(12)13;1-14(2,3)12-4-6-13(7-5-12)16-10-8-15-9-11-16/h2*4-9H,10-13H2,1-3H3;2-7H,8-13H2,1H3;1-6H,7-11H2;1-6H,7-10H2;4-7H,8-11H2,1-3H3/q4*+1;;+1/p+1. The third kappa shape index (κ3) is 25.0. The molecule has 0 saturated carbocycles. The highest BCUT2D eigenvalue weighted by Crippen LogP contribution is 2.41. The van der Waals surface area contributed by atoms with Crippen molar-refractivity contribution in [2.45, 2.75) is 114 Å². The van der Waals surface area contributed by atoms with Crippen LogP contribution in [0.1, 0.15) is 79.0 Å². The number of halogens is 3. The van der Waals surface area contributed by atoms with Crippen LogP contribution in [0.3, 0.4) is 0 Å². The number of rotatable bonds is 12. The van der Waals surface area contributed by atoms with E-state index in [1.54, 1.807) is 23.0 Å². The summed E-state index contributed by atoms with van der Waals surface area (Å²) in [5.41, 5.74) is 5.07. The van der Waals surface area contributed by atoms with E-state index in [0.29, 0.717) is 73.4 Å². The molecular formula is C97H119F3O6S10+6. The lowest BCUT2D eigenvalue weighted by atomic mass is 9.84. The van der Waals surface area contributed by atoms with Gasteiger partial charge in [-0.3, -0.25) is 0 Å². The zero-order chi connectivity index (χ0) is 81.7. The summed E-state index contributed by atoms with van der Waals surface area (Å²) < 4.78 is 64.0. The first-order valence-corrected chi connectivity index (χ1v) is 54.7. The zero-order valence-corrected chi connectivity index (χ0v) is 77.6. The second-order valence-electron chi connectivity index (χ2n) is 32.3. The summed E-state index contributed by atoms with van der Waals surface area (Å²) in [6.45, 7) is 23.9. The van der Waals surface area contributed by atoms with Gasteiger partial charge in [0.15, 0.2) is 36.0 Å². The first-order valence-electron chi connectivity index (χ1n) is 40.7. The van der Waals surface area contributed by atoms with E-state index in [4.69, 9.17) is 23.7 Å². The van der Waals surface area contributed by atoms with E-state index in [-0.39, 0.29) is 32.9 Å². The zero-order valence-electron chi connectivity index (χ0n) is 69.4. The van der Waals surface area contributed by atoms with Gasteiger partial charge in [-0.25, -0.2) is 0 Å². The molecule has 0 bridgehead atoms. The van der Waals surface area contributed by atoms with E-state index in [2.05, 4.69) is 261 Å². The van der Waals surface area contributed by atoms with Gasteiger partial charge >= 0.3 is 6.18 Å². The molecule has 6 fully saturated rings. The highest BCUT2D eigenvalue weighted by atomic mass is 32.2. The predicted molar refractivity (Wildman–Crippen MR) is 516 cm³/mol. The fraction of sp³-hybridized carbons (Fsp3) is 0.423. The number of hydrogen-bond donors (Lipinski definition) is 1. The summed E-state index contributed by atoms with van der Waals surface area (Å²) in [4.78, 5) is 8.88. The van der Waals surface area contributed by atoms with Gasteiger partial charge in [0.25, 0.3) is 0 Å². The van der Waals surface area contributed by atoms with Crippen LogP contribution in [0.2, 0.25) is 0 Å². The van der Waals surface area contributed by atoms with Crippen molar-refractivity contribution in [1.82, 2.24) is 0 Å². The second-order valence-corrected chi connectivity index (χ2v) is 50.6. The predicted octanol–water partition coefficient (Wildman–Crippen LogP) is 23.4. The van der Waals surface area contributed by atoms with Crippen LogP contribution in [-0.2, 0) is 95.8 Å². The molecule has 0 spiro atoms. The van der Waals surface area contributed by atoms with Crippen LogP contribution in [-0.4, -0.2) is 180 Å². The molecule has 1 N–H and O–H groups in total. The summed E-state index contributed by atoms with van der Waals surface area (Å²) >= 11 is 8.36. The fourth-order valence-corrected chi connectivity index (χ4v) is 35.6. The third-order valence-electron chi connectivity index (χ3n) is 21.2. The maximum absolute atomic E-state index is 12.4. The molecule has 19 heteroatoms. The monoisotopic (exact) mass is 1760 g/mol. The van der Waals surface area contributed by atoms with Crippen LogP contribution in [0, 0.1) is 0 Å². The Kier molecular flexibility index (Phi) is 34.2. The fourth-order valence-electron chi connectivity index (χ4n) is 15.1. The average molecular weight is 1760 g/mol. The largest absolute Gasteiger partial charge is 0.507 e. The Bertz CT molecular complexity index is 4800. The van der Waals surface area contributed by atoms with Crippen molar-refractivity contribution in [2.75, 3.05) is 168 Å². The molecule has 11 aromatic rings. The number of hydrogen-bond acceptors (Lipinski definition) is 10. The minimum atomic E-state index is -4.33. The number of phenolic OH excluding ortho intramolecular Hbond substituents is 1. The van der Waals surface area contributed by atoms with Crippen molar-refractivity contribution in [3.8, 4) is 17.2 Å². The third-order valence-corrected chi connectivity index (χ3v) is 41.2. The van der Waals surface area contributed by atoms with Gasteiger partial charge in [0.05, 0.1) is 33.0 Å². The maximum Gasteiger partial charge on any atom is 0.422 e. The van der Waals surface area contributed by atoms with Crippen LogP contribution in [0.4, 0.5) is 13.2 Å². The number of methoxy groups -OCH3 is 1. The molecule has 116 heavy (non-hydrogen) atoms. The van der Waals surface area contributed by atoms with Gasteiger partial charge in [0.1, 0.15) is 92.9 Å². The number of alkyl halides is 3. The Hall–Kier alpha value is -4.71. The Morgan fingerprint density at radius 1 is 0.319 bits per heavy atom. The topological polar surface area (TPSA) is 66.4 Å². The smallest absolute Gasteiger partial charge is 0.422 e. The summed E-state index contributed by atoms with van der Waals surface area (Å²) in [5, 5.41) is 22.3. The molecule has 0 amide bonds. The summed E-state index contributed by atoms with van der Waals surface area (Å²) in [6, 6.07) is 73.1. The summed E-state index contributed by atoms with van der Waals surface area (Å²) in [7, 11) is 3.92. The van der Waals surface area contributed by atoms with Crippen molar-refractivity contribution in [3.05, 3.63) is 223 Å². The van der Waals surface area contributed by atoms with Gasteiger partial charge in [-0.05, 0) is 135 Å². The Morgan fingerprint density at radius 3 is 0.974 bits per heavy atom. The van der Waals surface area contributed by atoms with Gasteiger partial charge < -0.3 is 28.8 Å². The lowest BCUT2D eigenvalue weighted by Gasteiger charge is -2.23. The molecule has 0 radical (unpaired) electrons. The van der Waals surface area contributed by atoms with Gasteiger partial charge in [-0.1, -0.05) is 178 Å². The van der Waals surface area contributed by atoms with Crippen molar-refractivity contribution >= 4 is 166 Å². The lowest BCUT2D eigenvalue weighted by Crippen LogP contribution is -2.26. The van der Waals surface area contributed by atoms with Gasteiger partial charge in [-0.15, -0.1) is 0 Å². The van der Waals surface area contributed by atoms with Crippen LogP contribution >= 0.6 is 47.0 Å². The van der Waals surface area contributed by atoms with E-state index in [9.17, 15) is 18.3 Å². The van der Waals surface area contributed by atoms with E-state index >= 15 is 0 Å². The van der Waals surface area contributed by atoms with Crippen molar-refractivity contribution in [2.24, 2.45) is 0 Å². The lowest BCUT2D eigenvalue weighted by molar-refractivity contribution is -0.153. The normalized spacial score (nSPS) is 17.3. The molecule has 6 aliphatic rings. The molecule has 618 valence electrons. The molecule has 0 unspecified atom stereocenters. The summed E-state index contributed by atoms with van der Waals surface area (Å²) in [6.07, 6.45) is -4.33. The van der Waals surface area contributed by atoms with Gasteiger partial charge in [0.2, 0.25) is 0 Å². The maximum atomic E-state index is 12.4. The molecule has 0 aromatic heterocycles. The van der Waals surface area contributed by atoms with Crippen molar-refractivity contribution in [1.29, 1.82) is 0 Å². The molecule has 0 atom stereocenters. The van der Waals surface area contributed by atoms with E-state index in [0.717, 1.165) is 59.8 Å². The molecule has 11 aromatic carbocycles. The molecule has 17 rings (SSSR count). The van der Waals surface area contributed by atoms with Crippen LogP contribution in [0.15, 0.2) is 236 Å². The number of benzene rings is 11. The first kappa shape index (κ1) is 90.5. The molecule has 0 aliphatic carbocycles. The minimum absolute atomic E-state index is 0.0853. The number of phenols is 1. The Balaban J connectivity index is 0.000000129. The van der Waals surface area contributed by atoms with E-state index < -0.39 is 12.8 Å². The Labute approximate surface area is 724 Å². The molecular weight excluding hydrogens is 1640 g/mol. The van der Waals surface area contributed by atoms with Gasteiger partial charge in [-0.2, -0.15) is 60.2 Å². The number of aromatic hydroxyl groups is 1. The first-order chi connectivity index (χ1) is 56.0. The Morgan fingerprint density at radius 2 is 0.621 bits per heavy atom. The molecule has 6 nitrogen and oxygen atoms in total. The van der Waals surface area contributed by atoms with E-state index in [1.165, 1.54) is 178 Å². The molecule has 6 heterocycles. The summed E-state index contributed by atoms with van der Waals surface area (Å²) in [5.74, 6) is 27.2. The quantitative estimate of drug-likeness (QED) is 0.0945. The number of fused-ring (bicyclic) bond motifs is 5. The van der Waals surface area contributed by atoms with Crippen LogP contribution < -0.4 is 9.47 Å². The molecule has 6 saturated heterocycles. The van der Waals surface area contributed by atoms with Gasteiger partial charge in [0, 0.05) is 162 Å². The van der Waals surface area contributed by atoms with Crippen LogP contribution in [0.25, 0.3) is 53.9 Å². The van der Waals surface area contributed by atoms with E-state index in [1.807, 2.05) is 48.5 Å². The minimum Gasteiger partial charge on any atom is -0.507 e. The SMILES string of the molecule is CC(C)(C)c1ccc([S+]2CCOCC2)c2ccccc12.CC(C)(C)c1ccc([S+]2CCSCC2)c2ccccc12.CC(C)(C)c1ccc([S+]2CCSCC2)cc1.COCCOc1ccc([S+]2CCSCC2)c2ccccc12.FC(F)(F)COc1ccc([S+]2CCOCC2)c2ccccc12.Oc1ccc([S+]2CCSCC2)c2ccccc12. The highest BCUT2D eigenvalue weighted by Gasteiger charge is 2.36. The average Bonchev–Trinajstić information content (AvgIpc) is 0.742. The van der Waals surface area contributed by atoms with Crippen molar-refractivity contribution < 1.29 is 42.0 Å². The molecule has 6 aliphatic heterocycles. The van der Waals surface area contributed by atoms with Crippen LogP contribution in [0.5, 0.6) is 17.2 Å². The van der Waals surface area contributed by atoms with Crippen molar-refractivity contribution in [3.63, 3.8) is 0 Å². The highest BCUT2D eigenvalue weighted by molar-refractivity contribution is 8.06. The number of thioether (sulfide) groups is 4. The second kappa shape index (κ2) is 43.9. The number of ether oxygens (including phenoxy) is 5.